The molecule has 0 saturated heterocycles. The van der Waals surface area contributed by atoms with E-state index >= 15 is 0 Å². The quantitative estimate of drug-likeness (QED) is 0.920. The number of rotatable bonds is 4. The molecule has 5 nitrogen and oxygen atoms in total. The van der Waals surface area contributed by atoms with Crippen molar-refractivity contribution < 1.29 is 0 Å². The number of aromatic nitrogens is 3. The number of fused-ring (bicyclic) bond motifs is 1. The highest BCUT2D eigenvalue weighted by molar-refractivity contribution is 5.42. The lowest BCUT2D eigenvalue weighted by molar-refractivity contribution is 0.676. The van der Waals surface area contributed by atoms with Crippen LogP contribution in [0.5, 0.6) is 0 Å². The van der Waals surface area contributed by atoms with Crippen LogP contribution in [0.25, 0.3) is 5.65 Å². The molecule has 0 radical (unpaired) electrons. The summed E-state index contributed by atoms with van der Waals surface area (Å²) in [7, 11) is 2.00. The van der Waals surface area contributed by atoms with Crippen LogP contribution in [0, 0.1) is 0 Å². The molecule has 0 amide bonds. The van der Waals surface area contributed by atoms with E-state index in [9.17, 15) is 4.79 Å². The largest absolute Gasteiger partial charge is 0.333 e. The summed E-state index contributed by atoms with van der Waals surface area (Å²) in [5.41, 5.74) is 8.53. The summed E-state index contributed by atoms with van der Waals surface area (Å²) in [5.74, 6) is 0.529. The number of aryl methyl sites for hydroxylation is 2. The fourth-order valence-corrected chi connectivity index (χ4v) is 3.18. The first-order valence-corrected chi connectivity index (χ1v) is 7.49. The van der Waals surface area contributed by atoms with Gasteiger partial charge in [-0.05, 0) is 32.2 Å². The van der Waals surface area contributed by atoms with Gasteiger partial charge in [-0.15, -0.1) is 0 Å². The van der Waals surface area contributed by atoms with Crippen LogP contribution in [0.3, 0.4) is 0 Å². The number of nitrogens with two attached hydrogens (primary N) is 1. The average molecular weight is 274 g/mol. The van der Waals surface area contributed by atoms with Gasteiger partial charge in [-0.1, -0.05) is 12.8 Å². The van der Waals surface area contributed by atoms with Crippen molar-refractivity contribution in [1.82, 2.24) is 14.2 Å². The van der Waals surface area contributed by atoms with E-state index < -0.39 is 0 Å². The van der Waals surface area contributed by atoms with Crippen LogP contribution in [-0.4, -0.2) is 20.7 Å². The Balaban J connectivity index is 2.05. The molecule has 5 heteroatoms. The van der Waals surface area contributed by atoms with Gasteiger partial charge in [0.25, 0.3) is 5.56 Å². The number of nitrogens with zero attached hydrogens (tertiary/aromatic N) is 3. The number of hydrogen-bond acceptors (Lipinski definition) is 3. The van der Waals surface area contributed by atoms with Gasteiger partial charge in [0.05, 0.1) is 5.69 Å². The molecule has 108 valence electrons. The predicted molar refractivity (Wildman–Crippen MR) is 79.0 cm³/mol. The lowest BCUT2D eigenvalue weighted by Gasteiger charge is -2.09. The van der Waals surface area contributed by atoms with Crippen LogP contribution in [0.1, 0.15) is 49.4 Å². The van der Waals surface area contributed by atoms with Gasteiger partial charge in [0.15, 0.2) is 0 Å². The van der Waals surface area contributed by atoms with Gasteiger partial charge in [-0.25, -0.2) is 0 Å². The Morgan fingerprint density at radius 1 is 1.35 bits per heavy atom. The molecule has 1 aliphatic rings. The normalized spacial score (nSPS) is 16.3. The third-order valence-corrected chi connectivity index (χ3v) is 4.39. The zero-order valence-corrected chi connectivity index (χ0v) is 12.0. The van der Waals surface area contributed by atoms with E-state index in [-0.39, 0.29) is 5.56 Å². The lowest BCUT2D eigenvalue weighted by atomic mass is 10.0. The smallest absolute Gasteiger partial charge is 0.274 e. The maximum absolute atomic E-state index is 12.2. The maximum Gasteiger partial charge on any atom is 0.274 e. The predicted octanol–water partition coefficient (Wildman–Crippen LogP) is 1.58. The molecule has 0 atom stereocenters. The second-order valence-electron chi connectivity index (χ2n) is 5.75. The van der Waals surface area contributed by atoms with Crippen LogP contribution >= 0.6 is 0 Å². The Morgan fingerprint density at radius 3 is 2.80 bits per heavy atom. The molecule has 1 saturated carbocycles. The molecule has 0 bridgehead atoms. The summed E-state index contributed by atoms with van der Waals surface area (Å²) in [4.78, 5) is 12.2. The molecular weight excluding hydrogens is 252 g/mol. The molecule has 2 N–H and O–H groups in total. The minimum atomic E-state index is -0.0330. The molecule has 0 aromatic carbocycles. The minimum absolute atomic E-state index is 0.0330. The summed E-state index contributed by atoms with van der Waals surface area (Å²) in [6, 6.07) is 3.78. The van der Waals surface area contributed by atoms with Crippen LogP contribution in [0.4, 0.5) is 0 Å². The SMILES string of the molecule is Cn1c(CCCN)cc(=O)n2nc(C3CCCC3)cc12. The summed E-state index contributed by atoms with van der Waals surface area (Å²) < 4.78 is 3.61. The second-order valence-corrected chi connectivity index (χ2v) is 5.75. The third-order valence-electron chi connectivity index (χ3n) is 4.39. The van der Waals surface area contributed by atoms with Crippen molar-refractivity contribution in [3.8, 4) is 0 Å². The van der Waals surface area contributed by atoms with E-state index in [4.69, 9.17) is 5.73 Å². The summed E-state index contributed by atoms with van der Waals surface area (Å²) >= 11 is 0. The molecule has 0 unspecified atom stereocenters. The van der Waals surface area contributed by atoms with E-state index in [2.05, 4.69) is 15.7 Å². The summed E-state index contributed by atoms with van der Waals surface area (Å²) in [6.07, 6.45) is 6.67. The van der Waals surface area contributed by atoms with E-state index in [0.29, 0.717) is 12.5 Å². The molecule has 1 fully saturated rings. The Labute approximate surface area is 118 Å². The van der Waals surface area contributed by atoms with Crippen molar-refractivity contribution in [1.29, 1.82) is 0 Å². The first-order valence-electron chi connectivity index (χ1n) is 7.49. The van der Waals surface area contributed by atoms with Gasteiger partial charge in [-0.3, -0.25) is 4.79 Å². The van der Waals surface area contributed by atoms with Gasteiger partial charge in [0.2, 0.25) is 0 Å². The standard InChI is InChI=1S/C15H22N4O/c1-18-12(7-4-8-16)9-15(20)19-14(18)10-13(17-19)11-5-2-3-6-11/h9-11H,2-8,16H2,1H3. The minimum Gasteiger partial charge on any atom is -0.333 e. The van der Waals surface area contributed by atoms with E-state index in [1.807, 2.05) is 7.05 Å². The monoisotopic (exact) mass is 274 g/mol. The average Bonchev–Trinajstić information content (AvgIpc) is 3.08. The van der Waals surface area contributed by atoms with Crippen LogP contribution < -0.4 is 11.3 Å². The molecule has 0 aliphatic heterocycles. The molecule has 20 heavy (non-hydrogen) atoms. The highest BCUT2D eigenvalue weighted by atomic mass is 16.1. The van der Waals surface area contributed by atoms with Crippen molar-refractivity contribution in [2.24, 2.45) is 12.8 Å². The molecular formula is C15H22N4O. The van der Waals surface area contributed by atoms with Gasteiger partial charge in [-0.2, -0.15) is 9.61 Å². The Morgan fingerprint density at radius 2 is 2.10 bits per heavy atom. The molecule has 2 aromatic rings. The van der Waals surface area contributed by atoms with Crippen molar-refractivity contribution in [2.75, 3.05) is 6.54 Å². The zero-order valence-electron chi connectivity index (χ0n) is 12.0. The third kappa shape index (κ3) is 2.26. The summed E-state index contributed by atoms with van der Waals surface area (Å²) in [5, 5.41) is 4.54. The Kier molecular flexibility index (Phi) is 3.61. The Bertz CT molecular complexity index is 664. The van der Waals surface area contributed by atoms with Crippen LogP contribution in [-0.2, 0) is 13.5 Å². The number of hydrogen-bond donors (Lipinski definition) is 1. The first kappa shape index (κ1) is 13.4. The molecule has 0 spiro atoms. The molecule has 2 heterocycles. The summed E-state index contributed by atoms with van der Waals surface area (Å²) in [6.45, 7) is 0.645. The van der Waals surface area contributed by atoms with Crippen molar-refractivity contribution >= 4 is 5.65 Å². The molecule has 1 aliphatic carbocycles. The van der Waals surface area contributed by atoms with Gasteiger partial charge in [0, 0.05) is 30.8 Å². The van der Waals surface area contributed by atoms with Gasteiger partial charge in [0.1, 0.15) is 5.65 Å². The van der Waals surface area contributed by atoms with E-state index in [0.717, 1.165) is 29.9 Å². The highest BCUT2D eigenvalue weighted by Gasteiger charge is 2.21. The van der Waals surface area contributed by atoms with E-state index in [1.165, 1.54) is 25.7 Å². The van der Waals surface area contributed by atoms with Crippen molar-refractivity contribution in [2.45, 2.75) is 44.4 Å². The van der Waals surface area contributed by atoms with Crippen LogP contribution in [0.15, 0.2) is 16.9 Å². The fraction of sp³-hybridized carbons (Fsp3) is 0.600. The lowest BCUT2D eigenvalue weighted by Crippen LogP contribution is -2.20. The zero-order chi connectivity index (χ0) is 14.1. The topological polar surface area (TPSA) is 65.3 Å². The second kappa shape index (κ2) is 5.40. The first-order chi connectivity index (χ1) is 9.70. The fourth-order valence-electron chi connectivity index (χ4n) is 3.18. The highest BCUT2D eigenvalue weighted by Crippen LogP contribution is 2.33. The molecule has 2 aromatic heterocycles. The Hall–Kier alpha value is -1.62. The van der Waals surface area contributed by atoms with Gasteiger partial charge >= 0.3 is 0 Å². The van der Waals surface area contributed by atoms with Gasteiger partial charge < -0.3 is 10.3 Å². The van der Waals surface area contributed by atoms with Crippen LogP contribution in [0.2, 0.25) is 0 Å². The van der Waals surface area contributed by atoms with E-state index in [1.54, 1.807) is 10.6 Å². The van der Waals surface area contributed by atoms with Crippen molar-refractivity contribution in [3.63, 3.8) is 0 Å². The maximum atomic E-state index is 12.2. The van der Waals surface area contributed by atoms with Crippen molar-refractivity contribution in [3.05, 3.63) is 33.9 Å². The molecule has 3 rings (SSSR count).